The Kier molecular flexibility index (Phi) is 8.22. The highest BCUT2D eigenvalue weighted by Gasteiger charge is 2.44. The van der Waals surface area contributed by atoms with Crippen molar-refractivity contribution < 1.29 is 23.8 Å². The third kappa shape index (κ3) is 5.64. The summed E-state index contributed by atoms with van der Waals surface area (Å²) in [7, 11) is 0. The van der Waals surface area contributed by atoms with Gasteiger partial charge in [-0.1, -0.05) is 12.5 Å². The first-order valence-electron chi connectivity index (χ1n) is 15.3. The first-order valence-corrected chi connectivity index (χ1v) is 15.3. The zero-order valence-corrected chi connectivity index (χ0v) is 24.9. The van der Waals surface area contributed by atoms with Crippen molar-refractivity contribution in [3.8, 4) is 0 Å². The summed E-state index contributed by atoms with van der Waals surface area (Å²) in [6.45, 7) is 9.70. The summed E-state index contributed by atoms with van der Waals surface area (Å²) in [6.07, 6.45) is 6.24. The second kappa shape index (κ2) is 11.9. The number of nitrogens with one attached hydrogen (secondary N) is 1. The summed E-state index contributed by atoms with van der Waals surface area (Å²) >= 11 is 0. The van der Waals surface area contributed by atoms with Crippen molar-refractivity contribution in [1.29, 1.82) is 0 Å². The Hall–Kier alpha value is -3.08. The molecular weight excluding hydrogens is 537 g/mol. The third-order valence-corrected chi connectivity index (χ3v) is 8.86. The number of benzene rings is 1. The summed E-state index contributed by atoms with van der Waals surface area (Å²) in [5.74, 6) is -0.404. The molecule has 1 aromatic carbocycles. The molecular formula is C32H42FN5O4. The smallest absolute Gasteiger partial charge is 0.325 e. The topological polar surface area (TPSA) is 102 Å². The van der Waals surface area contributed by atoms with Gasteiger partial charge in [-0.15, -0.1) is 0 Å². The van der Waals surface area contributed by atoms with Gasteiger partial charge in [-0.3, -0.25) is 14.4 Å². The van der Waals surface area contributed by atoms with E-state index in [0.717, 1.165) is 61.2 Å². The number of nitrogens with zero attached hydrogens (tertiary/aromatic N) is 4. The molecule has 3 aromatic rings. The molecule has 0 aliphatic carbocycles. The lowest BCUT2D eigenvalue weighted by atomic mass is 9.81. The maximum Gasteiger partial charge on any atom is 0.325 e. The zero-order valence-electron chi connectivity index (χ0n) is 24.9. The van der Waals surface area contributed by atoms with Crippen LogP contribution in [0.15, 0.2) is 24.3 Å². The standard InChI is InChI=1S/C32H42FN5O4/c1-20(2)38-26-15-22(33)14-25(27(26)29(36-38)32(3)18-41-19-32)28(31(39)40)37-16-24(17-37)42-13-6-4-5-9-23-11-10-21-8-7-12-34-30(21)35-23/h10-11,14-15,20,24,28H,4-9,12-13,16-19H2,1-3H3,(H,34,35)(H,39,40). The van der Waals surface area contributed by atoms with E-state index in [9.17, 15) is 14.3 Å². The summed E-state index contributed by atoms with van der Waals surface area (Å²) in [5.41, 5.74) is 3.98. The van der Waals surface area contributed by atoms with Crippen molar-refractivity contribution in [3.05, 3.63) is 52.6 Å². The molecule has 0 bridgehead atoms. The average Bonchev–Trinajstić information content (AvgIpc) is 3.31. The normalized spacial score (nSPS) is 19.3. The quantitative estimate of drug-likeness (QED) is 0.288. The summed E-state index contributed by atoms with van der Waals surface area (Å²) in [4.78, 5) is 19.3. The van der Waals surface area contributed by atoms with E-state index in [4.69, 9.17) is 19.6 Å². The van der Waals surface area contributed by atoms with Crippen LogP contribution in [-0.2, 0) is 32.5 Å². The van der Waals surface area contributed by atoms with E-state index >= 15 is 0 Å². The fourth-order valence-electron chi connectivity index (χ4n) is 6.45. The number of hydrogen-bond donors (Lipinski definition) is 2. The molecule has 6 rings (SSSR count). The highest BCUT2D eigenvalue weighted by molar-refractivity contribution is 5.92. The van der Waals surface area contributed by atoms with Crippen LogP contribution >= 0.6 is 0 Å². The van der Waals surface area contributed by atoms with E-state index in [1.54, 1.807) is 4.68 Å². The van der Waals surface area contributed by atoms with Crippen molar-refractivity contribution >= 4 is 22.7 Å². The van der Waals surface area contributed by atoms with E-state index in [0.29, 0.717) is 44.0 Å². The molecule has 226 valence electrons. The minimum absolute atomic E-state index is 0.00294. The van der Waals surface area contributed by atoms with E-state index in [-0.39, 0.29) is 17.6 Å². The number of rotatable bonds is 12. The Morgan fingerprint density at radius 3 is 2.76 bits per heavy atom. The summed E-state index contributed by atoms with van der Waals surface area (Å²) in [5, 5.41) is 19.4. The van der Waals surface area contributed by atoms with Crippen LogP contribution in [0.1, 0.15) is 81.1 Å². The number of pyridine rings is 1. The predicted octanol–water partition coefficient (Wildman–Crippen LogP) is 5.04. The van der Waals surface area contributed by atoms with Crippen molar-refractivity contribution in [2.24, 2.45) is 0 Å². The van der Waals surface area contributed by atoms with Crippen LogP contribution in [0.25, 0.3) is 10.9 Å². The Morgan fingerprint density at radius 1 is 1.24 bits per heavy atom. The number of carboxylic acid groups (broad SMARTS) is 1. The van der Waals surface area contributed by atoms with Crippen LogP contribution in [0.2, 0.25) is 0 Å². The number of fused-ring (bicyclic) bond motifs is 2. The van der Waals surface area contributed by atoms with Crippen LogP contribution < -0.4 is 5.32 Å². The SMILES string of the molecule is CC(C)n1nc(C2(C)COC2)c2c(C(C(=O)O)N3CC(OCCCCCc4ccc5c(n4)NCCC5)C3)cc(F)cc21. The average molecular weight is 580 g/mol. The largest absolute Gasteiger partial charge is 0.480 e. The molecule has 9 nitrogen and oxygen atoms in total. The lowest BCUT2D eigenvalue weighted by Crippen LogP contribution is -2.55. The molecule has 2 N–H and O–H groups in total. The number of carbonyl (C=O) groups is 1. The number of hydrogen-bond acceptors (Lipinski definition) is 7. The first-order chi connectivity index (χ1) is 20.2. The number of carboxylic acids is 1. The number of halogens is 1. The highest BCUT2D eigenvalue weighted by Crippen LogP contribution is 2.42. The van der Waals surface area contributed by atoms with Gasteiger partial charge in [-0.25, -0.2) is 9.37 Å². The Labute approximate surface area is 246 Å². The Bertz CT molecular complexity index is 1450. The number of ether oxygens (including phenoxy) is 2. The fraction of sp³-hybridized carbons (Fsp3) is 0.594. The molecule has 2 saturated heterocycles. The number of aliphatic carboxylic acids is 1. The predicted molar refractivity (Wildman–Crippen MR) is 159 cm³/mol. The van der Waals surface area contributed by atoms with Crippen molar-refractivity contribution in [2.75, 3.05) is 44.8 Å². The third-order valence-electron chi connectivity index (χ3n) is 8.86. The molecule has 3 aliphatic heterocycles. The first kappa shape index (κ1) is 29.0. The van der Waals surface area contributed by atoms with Gasteiger partial charge in [0, 0.05) is 43.4 Å². The highest BCUT2D eigenvalue weighted by atomic mass is 19.1. The zero-order chi connectivity index (χ0) is 29.4. The van der Waals surface area contributed by atoms with Crippen LogP contribution in [0, 0.1) is 5.82 Å². The summed E-state index contributed by atoms with van der Waals surface area (Å²) < 4.78 is 28.4. The van der Waals surface area contributed by atoms with Gasteiger partial charge in [0.15, 0.2) is 0 Å². The second-order valence-electron chi connectivity index (χ2n) is 12.7. The summed E-state index contributed by atoms with van der Waals surface area (Å²) in [6, 6.07) is 6.22. The molecule has 1 unspecified atom stereocenters. The van der Waals surface area contributed by atoms with E-state index < -0.39 is 17.8 Å². The maximum absolute atomic E-state index is 15.0. The molecule has 5 heterocycles. The van der Waals surface area contributed by atoms with Gasteiger partial charge in [-0.2, -0.15) is 5.10 Å². The molecule has 10 heteroatoms. The van der Waals surface area contributed by atoms with Gasteiger partial charge < -0.3 is 19.9 Å². The van der Waals surface area contributed by atoms with E-state index in [2.05, 4.69) is 24.4 Å². The molecule has 3 aliphatic rings. The molecule has 42 heavy (non-hydrogen) atoms. The van der Waals surface area contributed by atoms with Crippen LogP contribution in [0.3, 0.4) is 0 Å². The van der Waals surface area contributed by atoms with Crippen LogP contribution in [-0.4, -0.2) is 76.3 Å². The molecule has 0 saturated carbocycles. The number of likely N-dealkylation sites (tertiary alicyclic amines) is 1. The van der Waals surface area contributed by atoms with Gasteiger partial charge in [-0.05, 0) is 82.2 Å². The van der Waals surface area contributed by atoms with Crippen molar-refractivity contribution in [1.82, 2.24) is 19.7 Å². The molecule has 0 radical (unpaired) electrons. The van der Waals surface area contributed by atoms with E-state index in [1.165, 1.54) is 24.1 Å². The maximum atomic E-state index is 15.0. The lowest BCUT2D eigenvalue weighted by molar-refractivity contribution is -0.150. The second-order valence-corrected chi connectivity index (χ2v) is 12.7. The number of unbranched alkanes of at least 4 members (excludes halogenated alkanes) is 2. The van der Waals surface area contributed by atoms with Gasteiger partial charge in [0.2, 0.25) is 0 Å². The van der Waals surface area contributed by atoms with E-state index in [1.807, 2.05) is 18.7 Å². The minimum atomic E-state index is -0.996. The van der Waals surface area contributed by atoms with Crippen molar-refractivity contribution in [3.63, 3.8) is 0 Å². The van der Waals surface area contributed by atoms with Gasteiger partial charge >= 0.3 is 5.97 Å². The van der Waals surface area contributed by atoms with Gasteiger partial charge in [0.25, 0.3) is 0 Å². The monoisotopic (exact) mass is 579 g/mol. The number of anilines is 1. The lowest BCUT2D eigenvalue weighted by Gasteiger charge is -2.43. The Balaban J connectivity index is 1.06. The van der Waals surface area contributed by atoms with Crippen molar-refractivity contribution in [2.45, 2.75) is 82.9 Å². The number of aryl methyl sites for hydroxylation is 2. The number of aromatic nitrogens is 3. The molecule has 1 atom stereocenters. The minimum Gasteiger partial charge on any atom is -0.480 e. The Morgan fingerprint density at radius 2 is 2.05 bits per heavy atom. The molecule has 0 spiro atoms. The molecule has 0 amide bonds. The van der Waals surface area contributed by atoms with Gasteiger partial charge in [0.05, 0.1) is 35.9 Å². The molecule has 2 fully saturated rings. The molecule has 2 aromatic heterocycles. The van der Waals surface area contributed by atoms with Gasteiger partial charge in [0.1, 0.15) is 17.7 Å². The van der Waals surface area contributed by atoms with Crippen LogP contribution in [0.5, 0.6) is 0 Å². The fourth-order valence-corrected chi connectivity index (χ4v) is 6.45. The van der Waals surface area contributed by atoms with Crippen LogP contribution in [0.4, 0.5) is 10.2 Å².